The van der Waals surface area contributed by atoms with Crippen molar-refractivity contribution in [1.82, 2.24) is 9.97 Å². The number of carbonyl (C=O) groups excluding carboxylic acids is 2. The van der Waals surface area contributed by atoms with E-state index in [1.807, 2.05) is 6.92 Å². The number of rotatable bonds is 6. The van der Waals surface area contributed by atoms with Gasteiger partial charge in [-0.05, 0) is 55.0 Å². The summed E-state index contributed by atoms with van der Waals surface area (Å²) in [6.07, 6.45) is 2.88. The van der Waals surface area contributed by atoms with Crippen LogP contribution in [0.5, 0.6) is 11.5 Å². The van der Waals surface area contributed by atoms with E-state index in [-0.39, 0.29) is 17.1 Å². The fourth-order valence-electron chi connectivity index (χ4n) is 3.66. The topological polar surface area (TPSA) is 102 Å². The zero-order chi connectivity index (χ0) is 23.5. The van der Waals surface area contributed by atoms with Crippen LogP contribution in [0.2, 0.25) is 0 Å². The summed E-state index contributed by atoms with van der Waals surface area (Å²) in [6, 6.07) is 10.4. The van der Waals surface area contributed by atoms with Gasteiger partial charge < -0.3 is 14.6 Å². The van der Waals surface area contributed by atoms with Gasteiger partial charge >= 0.3 is 5.91 Å². The highest BCUT2D eigenvalue weighted by Crippen LogP contribution is 2.43. The molecular weight excluding hydrogens is 429 g/mol. The van der Waals surface area contributed by atoms with Gasteiger partial charge in [0.15, 0.2) is 11.5 Å². The highest BCUT2D eigenvalue weighted by atomic mass is 19.1. The maximum absolute atomic E-state index is 13.4. The summed E-state index contributed by atoms with van der Waals surface area (Å²) in [4.78, 5) is 35.5. The number of hydrogen-bond donors (Lipinski definition) is 1. The van der Waals surface area contributed by atoms with Crippen LogP contribution in [0, 0.1) is 5.82 Å². The molecule has 1 amide bonds. The van der Waals surface area contributed by atoms with Crippen molar-refractivity contribution in [3.05, 3.63) is 83.4 Å². The fourth-order valence-corrected chi connectivity index (χ4v) is 3.66. The van der Waals surface area contributed by atoms with Crippen LogP contribution < -0.4 is 14.4 Å². The van der Waals surface area contributed by atoms with Crippen LogP contribution in [0.25, 0.3) is 5.76 Å². The standard InChI is InChI=1S/C24H20FN3O5/c1-3-33-17-10-7-15(13-18(17)32-2)20-19(21(29)14-5-8-16(25)9-6-14)22(30)23(31)28(20)24-26-11-4-12-27-24/h4-13,20,29H,3H2,1-2H3/b21-19-. The van der Waals surface area contributed by atoms with E-state index >= 15 is 0 Å². The van der Waals surface area contributed by atoms with Crippen LogP contribution >= 0.6 is 0 Å². The Morgan fingerprint density at radius 2 is 1.79 bits per heavy atom. The highest BCUT2D eigenvalue weighted by Gasteiger charge is 2.48. The van der Waals surface area contributed by atoms with Crippen LogP contribution in [-0.2, 0) is 9.59 Å². The summed E-state index contributed by atoms with van der Waals surface area (Å²) in [6.45, 7) is 2.24. The molecule has 0 aliphatic carbocycles. The van der Waals surface area contributed by atoms with Gasteiger partial charge in [0, 0.05) is 18.0 Å². The maximum Gasteiger partial charge on any atom is 0.302 e. The van der Waals surface area contributed by atoms with Crippen LogP contribution in [0.15, 0.2) is 66.5 Å². The van der Waals surface area contributed by atoms with Crippen molar-refractivity contribution in [2.24, 2.45) is 0 Å². The van der Waals surface area contributed by atoms with E-state index in [0.717, 1.165) is 17.0 Å². The van der Waals surface area contributed by atoms with E-state index in [9.17, 15) is 19.1 Å². The maximum atomic E-state index is 13.4. The van der Waals surface area contributed by atoms with Gasteiger partial charge in [-0.1, -0.05) is 6.07 Å². The molecule has 9 heteroatoms. The Bertz CT molecular complexity index is 1230. The van der Waals surface area contributed by atoms with E-state index in [1.54, 1.807) is 24.3 Å². The van der Waals surface area contributed by atoms with Gasteiger partial charge in [-0.25, -0.2) is 14.4 Å². The van der Waals surface area contributed by atoms with E-state index < -0.39 is 29.3 Å². The lowest BCUT2D eigenvalue weighted by Gasteiger charge is -2.24. The van der Waals surface area contributed by atoms with Crippen molar-refractivity contribution in [2.45, 2.75) is 13.0 Å². The number of aliphatic hydroxyl groups is 1. The molecular formula is C24H20FN3O5. The minimum atomic E-state index is -1.05. The molecule has 1 unspecified atom stereocenters. The Morgan fingerprint density at radius 1 is 1.09 bits per heavy atom. The molecule has 0 radical (unpaired) electrons. The molecule has 8 nitrogen and oxygen atoms in total. The Kier molecular flexibility index (Phi) is 6.03. The molecule has 0 bridgehead atoms. The van der Waals surface area contributed by atoms with Crippen molar-refractivity contribution in [3.8, 4) is 11.5 Å². The largest absolute Gasteiger partial charge is 0.507 e. The quantitative estimate of drug-likeness (QED) is 0.348. The Labute approximate surface area is 188 Å². The normalized spacial score (nSPS) is 17.3. The average Bonchev–Trinajstić information content (AvgIpc) is 3.10. The minimum absolute atomic E-state index is 0.00407. The summed E-state index contributed by atoms with van der Waals surface area (Å²) >= 11 is 0. The number of Topliss-reactive ketones (excluding diaryl/α,β-unsaturated/α-hetero) is 1. The monoisotopic (exact) mass is 449 g/mol. The molecule has 1 saturated heterocycles. The third-order valence-corrected chi connectivity index (χ3v) is 5.13. The predicted molar refractivity (Wildman–Crippen MR) is 117 cm³/mol. The SMILES string of the molecule is CCOc1ccc(C2/C(=C(/O)c3ccc(F)cc3)C(=O)C(=O)N2c2ncccn2)cc1OC. The number of hydrogen-bond acceptors (Lipinski definition) is 7. The molecule has 1 atom stereocenters. The van der Waals surface area contributed by atoms with E-state index in [4.69, 9.17) is 9.47 Å². The van der Waals surface area contributed by atoms with E-state index in [1.165, 1.54) is 31.6 Å². The van der Waals surface area contributed by atoms with Gasteiger partial charge in [-0.15, -0.1) is 0 Å². The van der Waals surface area contributed by atoms with Crippen LogP contribution in [0.1, 0.15) is 24.1 Å². The summed E-state index contributed by atoms with van der Waals surface area (Å²) in [5.74, 6) is -1.89. The molecule has 2 heterocycles. The number of halogens is 1. The van der Waals surface area contributed by atoms with Crippen LogP contribution in [0.3, 0.4) is 0 Å². The summed E-state index contributed by atoms with van der Waals surface area (Å²) in [7, 11) is 1.47. The summed E-state index contributed by atoms with van der Waals surface area (Å²) in [5, 5.41) is 11.0. The second-order valence-electron chi connectivity index (χ2n) is 7.07. The fraction of sp³-hybridized carbons (Fsp3) is 0.167. The van der Waals surface area contributed by atoms with E-state index in [2.05, 4.69) is 9.97 Å². The lowest BCUT2D eigenvalue weighted by Crippen LogP contribution is -2.31. The molecule has 3 aromatic rings. The van der Waals surface area contributed by atoms with E-state index in [0.29, 0.717) is 23.7 Å². The molecule has 1 aliphatic rings. The third kappa shape index (κ3) is 4.00. The first-order chi connectivity index (χ1) is 16.0. The number of nitrogens with zero attached hydrogens (tertiary/aromatic N) is 3. The number of amides is 1. The number of methoxy groups -OCH3 is 1. The Balaban J connectivity index is 1.94. The highest BCUT2D eigenvalue weighted by molar-refractivity contribution is 6.51. The minimum Gasteiger partial charge on any atom is -0.507 e. The first-order valence-electron chi connectivity index (χ1n) is 10.1. The van der Waals surface area contributed by atoms with Crippen LogP contribution in [0.4, 0.5) is 10.3 Å². The molecule has 0 saturated carbocycles. The summed E-state index contributed by atoms with van der Waals surface area (Å²) < 4.78 is 24.4. The van der Waals surface area contributed by atoms with Gasteiger partial charge in [0.2, 0.25) is 5.95 Å². The molecule has 4 rings (SSSR count). The Morgan fingerprint density at radius 3 is 2.42 bits per heavy atom. The molecule has 168 valence electrons. The number of carbonyl (C=O) groups is 2. The van der Waals surface area contributed by atoms with Gasteiger partial charge in [-0.3, -0.25) is 14.5 Å². The lowest BCUT2D eigenvalue weighted by molar-refractivity contribution is -0.132. The van der Waals surface area contributed by atoms with Gasteiger partial charge in [-0.2, -0.15) is 0 Å². The van der Waals surface area contributed by atoms with Crippen molar-refractivity contribution in [3.63, 3.8) is 0 Å². The first kappa shape index (κ1) is 21.9. The van der Waals surface area contributed by atoms with Crippen molar-refractivity contribution < 1.29 is 28.6 Å². The molecule has 0 spiro atoms. The second kappa shape index (κ2) is 9.07. The van der Waals surface area contributed by atoms with Gasteiger partial charge in [0.05, 0.1) is 25.3 Å². The molecule has 1 N–H and O–H groups in total. The number of aliphatic hydroxyl groups excluding tert-OH is 1. The molecule has 2 aromatic carbocycles. The lowest BCUT2D eigenvalue weighted by atomic mass is 9.95. The Hall–Kier alpha value is -4.27. The molecule has 1 aliphatic heterocycles. The number of aromatic nitrogens is 2. The van der Waals surface area contributed by atoms with Crippen LogP contribution in [-0.4, -0.2) is 40.5 Å². The predicted octanol–water partition coefficient (Wildman–Crippen LogP) is 3.65. The molecule has 33 heavy (non-hydrogen) atoms. The van der Waals surface area contributed by atoms with Gasteiger partial charge in [0.1, 0.15) is 11.6 Å². The van der Waals surface area contributed by atoms with Gasteiger partial charge in [0.25, 0.3) is 5.78 Å². The van der Waals surface area contributed by atoms with Crippen molar-refractivity contribution in [1.29, 1.82) is 0 Å². The number of anilines is 1. The second-order valence-corrected chi connectivity index (χ2v) is 7.07. The third-order valence-electron chi connectivity index (χ3n) is 5.13. The first-order valence-corrected chi connectivity index (χ1v) is 10.1. The average molecular weight is 449 g/mol. The zero-order valence-corrected chi connectivity index (χ0v) is 17.9. The summed E-state index contributed by atoms with van der Waals surface area (Å²) in [5.41, 5.74) is 0.474. The van der Waals surface area contributed by atoms with Crippen molar-refractivity contribution >= 4 is 23.4 Å². The molecule has 1 aromatic heterocycles. The number of ketones is 1. The number of benzene rings is 2. The molecule has 1 fully saturated rings. The van der Waals surface area contributed by atoms with Crippen molar-refractivity contribution in [2.75, 3.05) is 18.6 Å². The zero-order valence-electron chi connectivity index (χ0n) is 17.9. The number of ether oxygens (including phenoxy) is 2. The smallest absolute Gasteiger partial charge is 0.302 e.